The zero-order valence-corrected chi connectivity index (χ0v) is 10.6. The summed E-state index contributed by atoms with van der Waals surface area (Å²) in [6.07, 6.45) is 0. The number of aryl methyl sites for hydroxylation is 2. The zero-order valence-electron chi connectivity index (χ0n) is 9.01. The standard InChI is InChI=1S/C10H11BrN4O/c1-7-3-4-9(8(11)5-7)16-6-10-12-14-15(2)13-10/h3-5H,6H2,1-2H3. The van der Waals surface area contributed by atoms with Crippen molar-refractivity contribution in [3.63, 3.8) is 0 Å². The molecule has 0 unspecified atom stereocenters. The van der Waals surface area contributed by atoms with E-state index < -0.39 is 0 Å². The van der Waals surface area contributed by atoms with Gasteiger partial charge in [-0.1, -0.05) is 6.07 Å². The number of ether oxygens (including phenoxy) is 1. The van der Waals surface area contributed by atoms with Crippen molar-refractivity contribution in [2.75, 3.05) is 0 Å². The van der Waals surface area contributed by atoms with Crippen molar-refractivity contribution in [2.45, 2.75) is 13.5 Å². The Morgan fingerprint density at radius 3 is 2.88 bits per heavy atom. The minimum atomic E-state index is 0.315. The van der Waals surface area contributed by atoms with Gasteiger partial charge >= 0.3 is 0 Å². The number of benzene rings is 1. The molecule has 0 spiro atoms. The molecule has 1 heterocycles. The number of tetrazole rings is 1. The Labute approximate surface area is 102 Å². The van der Waals surface area contributed by atoms with Gasteiger partial charge in [-0.3, -0.25) is 0 Å². The first-order valence-electron chi connectivity index (χ1n) is 4.77. The number of hydrogen-bond donors (Lipinski definition) is 0. The summed E-state index contributed by atoms with van der Waals surface area (Å²) in [5, 5.41) is 11.6. The molecule has 84 valence electrons. The number of hydrogen-bond acceptors (Lipinski definition) is 4. The lowest BCUT2D eigenvalue weighted by Crippen LogP contribution is -1.99. The van der Waals surface area contributed by atoms with Gasteiger partial charge < -0.3 is 4.74 Å². The van der Waals surface area contributed by atoms with Crippen LogP contribution in [0.2, 0.25) is 0 Å². The fourth-order valence-corrected chi connectivity index (χ4v) is 1.85. The van der Waals surface area contributed by atoms with Crippen molar-refractivity contribution in [3.05, 3.63) is 34.1 Å². The van der Waals surface area contributed by atoms with E-state index in [-0.39, 0.29) is 0 Å². The van der Waals surface area contributed by atoms with Gasteiger partial charge in [-0.15, -0.1) is 10.2 Å². The maximum atomic E-state index is 5.57. The predicted molar refractivity (Wildman–Crippen MR) is 62.0 cm³/mol. The van der Waals surface area contributed by atoms with Crippen molar-refractivity contribution in [1.29, 1.82) is 0 Å². The first-order valence-corrected chi connectivity index (χ1v) is 5.56. The van der Waals surface area contributed by atoms with Crippen LogP contribution >= 0.6 is 15.9 Å². The molecule has 0 bridgehead atoms. The van der Waals surface area contributed by atoms with Gasteiger partial charge in [0.1, 0.15) is 5.75 Å². The second-order valence-corrected chi connectivity index (χ2v) is 4.27. The largest absolute Gasteiger partial charge is 0.484 e. The number of halogens is 1. The monoisotopic (exact) mass is 282 g/mol. The van der Waals surface area contributed by atoms with Gasteiger partial charge in [0.2, 0.25) is 5.82 Å². The smallest absolute Gasteiger partial charge is 0.212 e. The Kier molecular flexibility index (Phi) is 3.19. The average Bonchev–Trinajstić information content (AvgIpc) is 2.63. The Morgan fingerprint density at radius 1 is 1.44 bits per heavy atom. The van der Waals surface area contributed by atoms with E-state index in [0.29, 0.717) is 12.4 Å². The van der Waals surface area contributed by atoms with Gasteiger partial charge in [0.15, 0.2) is 6.61 Å². The van der Waals surface area contributed by atoms with E-state index in [1.807, 2.05) is 25.1 Å². The second-order valence-electron chi connectivity index (χ2n) is 3.42. The molecule has 0 saturated carbocycles. The molecule has 0 saturated heterocycles. The highest BCUT2D eigenvalue weighted by atomic mass is 79.9. The molecule has 0 radical (unpaired) electrons. The third-order valence-corrected chi connectivity index (χ3v) is 2.61. The molecular formula is C10H11BrN4O. The van der Waals surface area contributed by atoms with Crippen molar-refractivity contribution in [3.8, 4) is 5.75 Å². The van der Waals surface area contributed by atoms with E-state index in [1.54, 1.807) is 7.05 Å². The molecule has 0 fully saturated rings. The fourth-order valence-electron chi connectivity index (χ4n) is 1.25. The minimum absolute atomic E-state index is 0.315. The summed E-state index contributed by atoms with van der Waals surface area (Å²) >= 11 is 3.44. The van der Waals surface area contributed by atoms with Gasteiger partial charge in [-0.2, -0.15) is 4.80 Å². The molecule has 0 aliphatic carbocycles. The maximum absolute atomic E-state index is 5.57. The predicted octanol–water partition coefficient (Wildman–Crippen LogP) is 1.86. The van der Waals surface area contributed by atoms with Crippen LogP contribution in [0, 0.1) is 6.92 Å². The molecule has 5 nitrogen and oxygen atoms in total. The Bertz CT molecular complexity index is 497. The Balaban J connectivity index is 2.04. The second kappa shape index (κ2) is 4.61. The van der Waals surface area contributed by atoms with E-state index in [2.05, 4.69) is 31.3 Å². The quantitative estimate of drug-likeness (QED) is 0.862. The molecule has 0 atom stereocenters. The SMILES string of the molecule is Cc1ccc(OCc2nnn(C)n2)c(Br)c1. The molecule has 0 aliphatic heterocycles. The molecular weight excluding hydrogens is 272 g/mol. The molecule has 6 heteroatoms. The van der Waals surface area contributed by atoms with Gasteiger partial charge in [0, 0.05) is 0 Å². The highest BCUT2D eigenvalue weighted by Crippen LogP contribution is 2.26. The highest BCUT2D eigenvalue weighted by molar-refractivity contribution is 9.10. The van der Waals surface area contributed by atoms with Crippen LogP contribution in [0.5, 0.6) is 5.75 Å². The van der Waals surface area contributed by atoms with E-state index in [1.165, 1.54) is 10.4 Å². The van der Waals surface area contributed by atoms with Crippen LogP contribution in [-0.4, -0.2) is 20.2 Å². The summed E-state index contributed by atoms with van der Waals surface area (Å²) in [6.45, 7) is 2.34. The van der Waals surface area contributed by atoms with E-state index in [0.717, 1.165) is 10.2 Å². The van der Waals surface area contributed by atoms with Crippen molar-refractivity contribution in [2.24, 2.45) is 7.05 Å². The summed E-state index contributed by atoms with van der Waals surface area (Å²) in [4.78, 5) is 1.41. The molecule has 1 aromatic heterocycles. The molecule has 0 amide bonds. The average molecular weight is 283 g/mol. The number of rotatable bonds is 3. The van der Waals surface area contributed by atoms with Crippen molar-refractivity contribution in [1.82, 2.24) is 20.2 Å². The lowest BCUT2D eigenvalue weighted by Gasteiger charge is -2.06. The number of nitrogens with zero attached hydrogens (tertiary/aromatic N) is 4. The van der Waals surface area contributed by atoms with Crippen molar-refractivity contribution < 1.29 is 4.74 Å². The number of aromatic nitrogens is 4. The third kappa shape index (κ3) is 2.57. The van der Waals surface area contributed by atoms with E-state index >= 15 is 0 Å². The van der Waals surface area contributed by atoms with E-state index in [4.69, 9.17) is 4.74 Å². The molecule has 1 aromatic carbocycles. The summed E-state index contributed by atoms with van der Waals surface area (Å²) in [5.74, 6) is 1.34. The third-order valence-electron chi connectivity index (χ3n) is 1.99. The summed E-state index contributed by atoms with van der Waals surface area (Å²) in [5.41, 5.74) is 1.18. The van der Waals surface area contributed by atoms with Crippen LogP contribution < -0.4 is 4.74 Å². The Morgan fingerprint density at radius 2 is 2.25 bits per heavy atom. The van der Waals surface area contributed by atoms with Crippen LogP contribution in [0.4, 0.5) is 0 Å². The Hall–Kier alpha value is -1.43. The van der Waals surface area contributed by atoms with Gasteiger partial charge in [0.25, 0.3) is 0 Å². The van der Waals surface area contributed by atoms with Gasteiger partial charge in [0.05, 0.1) is 11.5 Å². The van der Waals surface area contributed by atoms with Crippen LogP contribution in [0.3, 0.4) is 0 Å². The summed E-state index contributed by atoms with van der Waals surface area (Å²) < 4.78 is 6.49. The minimum Gasteiger partial charge on any atom is -0.484 e. The topological polar surface area (TPSA) is 52.8 Å². The molecule has 2 rings (SSSR count). The molecule has 0 N–H and O–H groups in total. The molecule has 0 aliphatic rings. The summed E-state index contributed by atoms with van der Waals surface area (Å²) in [6, 6.07) is 5.90. The highest BCUT2D eigenvalue weighted by Gasteiger charge is 2.04. The molecule has 16 heavy (non-hydrogen) atoms. The van der Waals surface area contributed by atoms with Gasteiger partial charge in [-0.25, -0.2) is 0 Å². The maximum Gasteiger partial charge on any atom is 0.212 e. The zero-order chi connectivity index (χ0) is 11.5. The normalized spacial score (nSPS) is 10.4. The van der Waals surface area contributed by atoms with Gasteiger partial charge in [-0.05, 0) is 45.8 Å². The first-order chi connectivity index (χ1) is 7.65. The van der Waals surface area contributed by atoms with Crippen LogP contribution in [0.25, 0.3) is 0 Å². The van der Waals surface area contributed by atoms with E-state index in [9.17, 15) is 0 Å². The first kappa shape index (κ1) is 11.1. The van der Waals surface area contributed by atoms with Crippen LogP contribution in [0.1, 0.15) is 11.4 Å². The molecule has 2 aromatic rings. The fraction of sp³-hybridized carbons (Fsp3) is 0.300. The van der Waals surface area contributed by atoms with Crippen LogP contribution in [0.15, 0.2) is 22.7 Å². The lowest BCUT2D eigenvalue weighted by molar-refractivity contribution is 0.293. The van der Waals surface area contributed by atoms with Crippen molar-refractivity contribution >= 4 is 15.9 Å². The van der Waals surface area contributed by atoms with Crippen LogP contribution in [-0.2, 0) is 13.7 Å². The summed E-state index contributed by atoms with van der Waals surface area (Å²) in [7, 11) is 1.72. The lowest BCUT2D eigenvalue weighted by atomic mass is 10.2.